The molecular formula is C27H20Cl4O4. The molecule has 0 bridgehead atoms. The Morgan fingerprint density at radius 2 is 1.54 bits per heavy atom. The highest BCUT2D eigenvalue weighted by molar-refractivity contribution is 6.36. The van der Waals surface area contributed by atoms with Gasteiger partial charge >= 0.3 is 0 Å². The van der Waals surface area contributed by atoms with Crippen LogP contribution in [0.4, 0.5) is 0 Å². The van der Waals surface area contributed by atoms with E-state index in [0.717, 1.165) is 5.56 Å². The Morgan fingerprint density at radius 1 is 0.914 bits per heavy atom. The van der Waals surface area contributed by atoms with Crippen LogP contribution in [0.3, 0.4) is 0 Å². The Balaban J connectivity index is 1.89. The fourth-order valence-corrected chi connectivity index (χ4v) is 4.81. The minimum atomic E-state index is -0.568. The normalized spacial score (nSPS) is 11.4. The van der Waals surface area contributed by atoms with Crippen molar-refractivity contribution in [2.24, 2.45) is 0 Å². The molecule has 35 heavy (non-hydrogen) atoms. The third kappa shape index (κ3) is 6.53. The number of carbonyl (C=O) groups is 3. The second kappa shape index (κ2) is 11.4. The molecule has 0 spiro atoms. The Labute approximate surface area is 222 Å². The molecule has 0 aromatic heterocycles. The largest absolute Gasteiger partial charge is 0.497 e. The van der Waals surface area contributed by atoms with Gasteiger partial charge in [-0.25, -0.2) is 0 Å². The van der Waals surface area contributed by atoms with Gasteiger partial charge in [0, 0.05) is 21.2 Å². The highest BCUT2D eigenvalue weighted by Crippen LogP contribution is 2.24. The summed E-state index contributed by atoms with van der Waals surface area (Å²) in [5, 5.41) is 2.22. The van der Waals surface area contributed by atoms with Crippen LogP contribution < -0.4 is 15.2 Å². The van der Waals surface area contributed by atoms with Crippen LogP contribution in [0.5, 0.6) is 5.75 Å². The molecule has 0 unspecified atom stereocenters. The van der Waals surface area contributed by atoms with E-state index in [1.54, 1.807) is 36.4 Å². The van der Waals surface area contributed by atoms with Gasteiger partial charge in [0.2, 0.25) is 0 Å². The topological polar surface area (TPSA) is 60.4 Å². The molecule has 0 fully saturated rings. The van der Waals surface area contributed by atoms with Crippen molar-refractivity contribution in [2.45, 2.75) is 19.8 Å². The van der Waals surface area contributed by atoms with Crippen LogP contribution in [0.25, 0.3) is 12.7 Å². The van der Waals surface area contributed by atoms with E-state index < -0.39 is 30.2 Å². The van der Waals surface area contributed by atoms with Crippen LogP contribution in [-0.2, 0) is 4.79 Å². The molecule has 0 heterocycles. The monoisotopic (exact) mass is 548 g/mol. The van der Waals surface area contributed by atoms with E-state index in [4.69, 9.17) is 51.1 Å². The number of ether oxygens (including phenoxy) is 1. The van der Waals surface area contributed by atoms with Crippen molar-refractivity contribution in [3.8, 4) is 5.75 Å². The molecule has 3 aromatic carbocycles. The highest BCUT2D eigenvalue weighted by Gasteiger charge is 2.21. The molecule has 0 radical (unpaired) electrons. The standard InChI is InChI=1S/C27H20Cl4O4/c1-14-6-15(2)26(27(31)21(14)9-16-7-17(28)10-18(29)8-16)25(34)12-19(32)11-24(33)22-13-20(35-3)4-5-23(22)30/h4-10,13H,2,11-12H2,1,3H3/b21-9+. The van der Waals surface area contributed by atoms with E-state index in [-0.39, 0.29) is 21.2 Å². The third-order valence-electron chi connectivity index (χ3n) is 5.26. The molecule has 0 aliphatic carbocycles. The van der Waals surface area contributed by atoms with Crippen molar-refractivity contribution >= 4 is 76.4 Å². The van der Waals surface area contributed by atoms with Gasteiger partial charge in [-0.1, -0.05) is 59.0 Å². The lowest BCUT2D eigenvalue weighted by molar-refractivity contribution is -0.117. The quantitative estimate of drug-likeness (QED) is 0.245. The average molecular weight is 550 g/mol. The minimum absolute atomic E-state index is 0.122. The van der Waals surface area contributed by atoms with Gasteiger partial charge < -0.3 is 4.74 Å². The summed E-state index contributed by atoms with van der Waals surface area (Å²) in [6.45, 7) is 5.74. The predicted molar refractivity (Wildman–Crippen MR) is 142 cm³/mol. The van der Waals surface area contributed by atoms with Crippen molar-refractivity contribution in [3.63, 3.8) is 0 Å². The van der Waals surface area contributed by atoms with Crippen molar-refractivity contribution in [1.82, 2.24) is 0 Å². The summed E-state index contributed by atoms with van der Waals surface area (Å²) >= 11 is 24.9. The van der Waals surface area contributed by atoms with Crippen LogP contribution in [-0.4, -0.2) is 24.5 Å². The molecule has 3 rings (SSSR count). The smallest absolute Gasteiger partial charge is 0.172 e. The van der Waals surface area contributed by atoms with Crippen LogP contribution in [0.2, 0.25) is 20.1 Å². The number of hydrogen-bond donors (Lipinski definition) is 0. The van der Waals surface area contributed by atoms with Crippen LogP contribution in [0.15, 0.2) is 42.5 Å². The van der Waals surface area contributed by atoms with Gasteiger partial charge in [0.15, 0.2) is 11.6 Å². The van der Waals surface area contributed by atoms with Crippen molar-refractivity contribution in [3.05, 3.63) is 95.2 Å². The summed E-state index contributed by atoms with van der Waals surface area (Å²) in [6, 6.07) is 11.3. The molecule has 3 aromatic rings. The predicted octanol–water partition coefficient (Wildman–Crippen LogP) is 6.27. The number of benzene rings is 3. The van der Waals surface area contributed by atoms with E-state index in [2.05, 4.69) is 6.58 Å². The minimum Gasteiger partial charge on any atom is -0.497 e. The summed E-state index contributed by atoms with van der Waals surface area (Å²) in [4.78, 5) is 38.3. The van der Waals surface area contributed by atoms with Crippen molar-refractivity contribution in [1.29, 1.82) is 0 Å². The van der Waals surface area contributed by atoms with Gasteiger partial charge in [0.05, 0.1) is 30.0 Å². The third-order valence-corrected chi connectivity index (χ3v) is 6.42. The Kier molecular flexibility index (Phi) is 8.79. The first-order valence-electron chi connectivity index (χ1n) is 10.4. The molecular weight excluding hydrogens is 530 g/mol. The van der Waals surface area contributed by atoms with Crippen LogP contribution in [0.1, 0.15) is 44.7 Å². The fourth-order valence-electron chi connectivity index (χ4n) is 3.61. The summed E-state index contributed by atoms with van der Waals surface area (Å²) < 4.78 is 5.10. The van der Waals surface area contributed by atoms with Crippen molar-refractivity contribution < 1.29 is 19.1 Å². The molecule has 0 saturated heterocycles. The lowest BCUT2D eigenvalue weighted by Crippen LogP contribution is -2.25. The molecule has 4 nitrogen and oxygen atoms in total. The first-order chi connectivity index (χ1) is 16.5. The van der Waals surface area contributed by atoms with Gasteiger partial charge in [-0.2, -0.15) is 0 Å². The molecule has 0 aliphatic heterocycles. The summed E-state index contributed by atoms with van der Waals surface area (Å²) in [5.74, 6) is -1.18. The van der Waals surface area contributed by atoms with Gasteiger partial charge in [-0.3, -0.25) is 14.4 Å². The number of carbonyl (C=O) groups excluding carboxylic acids is 3. The molecule has 8 heteroatoms. The number of aryl methyl sites for hydroxylation is 1. The maximum absolute atomic E-state index is 13.0. The molecule has 180 valence electrons. The Morgan fingerprint density at radius 3 is 2.17 bits per heavy atom. The zero-order chi connectivity index (χ0) is 25.9. The molecule has 0 N–H and O–H groups in total. The van der Waals surface area contributed by atoms with Gasteiger partial charge in [0.25, 0.3) is 0 Å². The summed E-state index contributed by atoms with van der Waals surface area (Å²) in [7, 11) is 1.45. The van der Waals surface area contributed by atoms with E-state index >= 15 is 0 Å². The van der Waals surface area contributed by atoms with E-state index in [1.807, 2.05) is 6.92 Å². The van der Waals surface area contributed by atoms with Crippen LogP contribution >= 0.6 is 46.4 Å². The van der Waals surface area contributed by atoms with E-state index in [1.165, 1.54) is 19.2 Å². The fraction of sp³-hybridized carbons (Fsp3) is 0.148. The average Bonchev–Trinajstić information content (AvgIpc) is 2.76. The molecule has 0 aliphatic rings. The number of hydrogen-bond acceptors (Lipinski definition) is 4. The van der Waals surface area contributed by atoms with Crippen LogP contribution in [0, 0.1) is 6.92 Å². The molecule has 0 atom stereocenters. The number of rotatable bonds is 8. The van der Waals surface area contributed by atoms with E-state index in [0.29, 0.717) is 31.8 Å². The molecule has 0 saturated carbocycles. The van der Waals surface area contributed by atoms with Gasteiger partial charge in [0.1, 0.15) is 11.5 Å². The maximum atomic E-state index is 13.0. The second-order valence-electron chi connectivity index (χ2n) is 7.89. The lowest BCUT2D eigenvalue weighted by atomic mass is 9.97. The summed E-state index contributed by atoms with van der Waals surface area (Å²) in [6.07, 6.45) is 0.747. The number of halogens is 4. The number of methoxy groups -OCH3 is 1. The Hall–Kier alpha value is -2.63. The SMILES string of the molecule is C=c1cc(C)/c(=C\c2cc(Cl)cc(Cl)c2)c(Cl)c1C(=O)CC(=O)CC(=O)c1cc(OC)ccc1Cl. The zero-order valence-electron chi connectivity index (χ0n) is 18.9. The second-order valence-corrected chi connectivity index (χ2v) is 9.54. The first-order valence-corrected chi connectivity index (χ1v) is 11.9. The maximum Gasteiger partial charge on any atom is 0.172 e. The Bertz CT molecular complexity index is 1440. The lowest BCUT2D eigenvalue weighted by Gasteiger charge is -2.09. The number of Topliss-reactive ketones (excluding diaryl/α,β-unsaturated/α-hetero) is 3. The van der Waals surface area contributed by atoms with E-state index in [9.17, 15) is 14.4 Å². The van der Waals surface area contributed by atoms with Gasteiger partial charge in [-0.05, 0) is 71.0 Å². The number of ketones is 3. The first kappa shape index (κ1) is 27.0. The highest BCUT2D eigenvalue weighted by atomic mass is 35.5. The van der Waals surface area contributed by atoms with Gasteiger partial charge in [-0.15, -0.1) is 0 Å². The summed E-state index contributed by atoms with van der Waals surface area (Å²) in [5.41, 5.74) is 1.74. The molecule has 0 amide bonds. The van der Waals surface area contributed by atoms with Crippen molar-refractivity contribution in [2.75, 3.05) is 7.11 Å². The zero-order valence-corrected chi connectivity index (χ0v) is 21.9.